The van der Waals surface area contributed by atoms with Crippen molar-refractivity contribution in [2.45, 2.75) is 62.6 Å². The number of benzene rings is 1. The minimum Gasteiger partial charge on any atom is -0.342 e. The molecule has 0 aromatic heterocycles. The molecule has 1 aromatic rings. The van der Waals surface area contributed by atoms with Gasteiger partial charge < -0.3 is 10.6 Å². The number of nitrogens with two attached hydrogens (primary N) is 1. The van der Waals surface area contributed by atoms with E-state index in [9.17, 15) is 18.0 Å². The lowest BCUT2D eigenvalue weighted by molar-refractivity contribution is -0.141. The maximum atomic E-state index is 13.3. The molecule has 1 aliphatic carbocycles. The summed E-state index contributed by atoms with van der Waals surface area (Å²) >= 11 is 0. The van der Waals surface area contributed by atoms with Crippen LogP contribution in [0.5, 0.6) is 0 Å². The molecule has 1 aromatic carbocycles. The Hall–Kier alpha value is -1.27. The number of rotatable bonds is 2. The van der Waals surface area contributed by atoms with Gasteiger partial charge in [-0.1, -0.05) is 37.5 Å². The number of halogens is 4. The van der Waals surface area contributed by atoms with Crippen LogP contribution < -0.4 is 5.73 Å². The van der Waals surface area contributed by atoms with E-state index >= 15 is 0 Å². The molecule has 26 heavy (non-hydrogen) atoms. The zero-order chi connectivity index (χ0) is 18.1. The number of amides is 1. The van der Waals surface area contributed by atoms with Gasteiger partial charge in [-0.3, -0.25) is 4.79 Å². The summed E-state index contributed by atoms with van der Waals surface area (Å²) in [6, 6.07) is 5.48. The number of nitrogens with zero attached hydrogens (tertiary/aromatic N) is 1. The Morgan fingerprint density at radius 1 is 1.12 bits per heavy atom. The predicted octanol–water partition coefficient (Wildman–Crippen LogP) is 4.28. The van der Waals surface area contributed by atoms with Gasteiger partial charge in [0.1, 0.15) is 0 Å². The monoisotopic (exact) mass is 390 g/mol. The maximum absolute atomic E-state index is 13.3. The molecule has 3 rings (SSSR count). The molecule has 2 N–H and O–H groups in total. The lowest BCUT2D eigenvalue weighted by Gasteiger charge is -2.42. The van der Waals surface area contributed by atoms with Crippen molar-refractivity contribution < 1.29 is 18.0 Å². The predicted molar refractivity (Wildman–Crippen MR) is 97.2 cm³/mol. The molecule has 2 aliphatic rings. The summed E-state index contributed by atoms with van der Waals surface area (Å²) in [6.07, 6.45) is 1.12. The number of alkyl halides is 3. The smallest absolute Gasteiger partial charge is 0.342 e. The minimum atomic E-state index is -4.40. The van der Waals surface area contributed by atoms with Crippen molar-refractivity contribution >= 4 is 18.3 Å². The van der Waals surface area contributed by atoms with Gasteiger partial charge in [-0.25, -0.2) is 0 Å². The molecule has 146 valence electrons. The van der Waals surface area contributed by atoms with Gasteiger partial charge in [-0.2, -0.15) is 13.2 Å². The van der Waals surface area contributed by atoms with Gasteiger partial charge in [0.25, 0.3) is 0 Å². The Kier molecular flexibility index (Phi) is 6.61. The Bertz CT molecular complexity index is 621. The van der Waals surface area contributed by atoms with Crippen LogP contribution in [0.4, 0.5) is 13.2 Å². The average molecular weight is 391 g/mol. The highest BCUT2D eigenvalue weighted by Gasteiger charge is 2.45. The van der Waals surface area contributed by atoms with Crippen LogP contribution in [0.2, 0.25) is 0 Å². The SMILES string of the molecule is Cl.NC1CCN(C(=O)C2(c3cccc(C(F)(F)F)c3)CCCCC2)CC1. The van der Waals surface area contributed by atoms with E-state index in [1.807, 2.05) is 4.90 Å². The van der Waals surface area contributed by atoms with E-state index in [1.165, 1.54) is 12.1 Å². The molecule has 1 heterocycles. The standard InChI is InChI=1S/C19H25F3N2O.ClH/c20-19(21,22)15-6-4-5-14(13-15)18(9-2-1-3-10-18)17(25)24-11-7-16(23)8-12-24;/h4-6,13,16H,1-3,7-12,23H2;1H. The molecule has 1 aliphatic heterocycles. The molecule has 1 saturated carbocycles. The number of hydrogen-bond acceptors (Lipinski definition) is 2. The Morgan fingerprint density at radius 3 is 2.31 bits per heavy atom. The number of piperidine rings is 1. The van der Waals surface area contributed by atoms with Crippen molar-refractivity contribution in [3.05, 3.63) is 35.4 Å². The molecule has 0 atom stereocenters. The summed E-state index contributed by atoms with van der Waals surface area (Å²) in [5.74, 6) is -0.0153. The summed E-state index contributed by atoms with van der Waals surface area (Å²) in [7, 11) is 0. The van der Waals surface area contributed by atoms with Gasteiger partial charge in [0.15, 0.2) is 0 Å². The summed E-state index contributed by atoms with van der Waals surface area (Å²) in [5, 5.41) is 0. The summed E-state index contributed by atoms with van der Waals surface area (Å²) in [5.41, 5.74) is 4.94. The second-order valence-corrected chi connectivity index (χ2v) is 7.35. The lowest BCUT2D eigenvalue weighted by Crippen LogP contribution is -2.52. The quantitative estimate of drug-likeness (QED) is 0.819. The zero-order valence-corrected chi connectivity index (χ0v) is 15.5. The van der Waals surface area contributed by atoms with Gasteiger partial charge in [-0.15, -0.1) is 12.4 Å². The van der Waals surface area contributed by atoms with Crippen LogP contribution in [0.1, 0.15) is 56.1 Å². The molecule has 0 spiro atoms. The third-order valence-electron chi connectivity index (χ3n) is 5.69. The third kappa shape index (κ3) is 4.17. The van der Waals surface area contributed by atoms with E-state index in [0.717, 1.165) is 38.2 Å². The fraction of sp³-hybridized carbons (Fsp3) is 0.632. The Balaban J connectivity index is 0.00000243. The van der Waals surface area contributed by atoms with Crippen LogP contribution in [-0.2, 0) is 16.4 Å². The summed E-state index contributed by atoms with van der Waals surface area (Å²) in [6.45, 7) is 1.20. The molecule has 1 amide bonds. The van der Waals surface area contributed by atoms with Crippen molar-refractivity contribution in [3.63, 3.8) is 0 Å². The van der Waals surface area contributed by atoms with Gasteiger partial charge in [0, 0.05) is 19.1 Å². The van der Waals surface area contributed by atoms with Gasteiger partial charge in [-0.05, 0) is 37.3 Å². The third-order valence-corrected chi connectivity index (χ3v) is 5.69. The molecular formula is C19H26ClF3N2O. The van der Waals surface area contributed by atoms with Crippen molar-refractivity contribution in [1.29, 1.82) is 0 Å². The first-order valence-corrected chi connectivity index (χ1v) is 9.06. The number of hydrogen-bond donors (Lipinski definition) is 1. The van der Waals surface area contributed by atoms with Gasteiger partial charge >= 0.3 is 6.18 Å². The first kappa shape index (κ1) is 21.0. The van der Waals surface area contributed by atoms with Crippen LogP contribution >= 0.6 is 12.4 Å². The normalized spacial score (nSPS) is 21.2. The maximum Gasteiger partial charge on any atom is 0.416 e. The molecule has 2 fully saturated rings. The van der Waals surface area contributed by atoms with E-state index in [-0.39, 0.29) is 24.4 Å². The highest BCUT2D eigenvalue weighted by atomic mass is 35.5. The van der Waals surface area contributed by atoms with Crippen LogP contribution in [0, 0.1) is 0 Å². The highest BCUT2D eigenvalue weighted by molar-refractivity contribution is 5.88. The molecular weight excluding hydrogens is 365 g/mol. The van der Waals surface area contributed by atoms with Crippen molar-refractivity contribution in [3.8, 4) is 0 Å². The largest absolute Gasteiger partial charge is 0.416 e. The first-order chi connectivity index (χ1) is 11.8. The second kappa shape index (κ2) is 8.17. The van der Waals surface area contributed by atoms with E-state index in [4.69, 9.17) is 5.73 Å². The number of carbonyl (C=O) groups excluding carboxylic acids is 1. The summed E-state index contributed by atoms with van der Waals surface area (Å²) < 4.78 is 39.4. The molecule has 1 saturated heterocycles. The van der Waals surface area contributed by atoms with E-state index in [1.54, 1.807) is 6.07 Å². The molecule has 7 heteroatoms. The van der Waals surface area contributed by atoms with Crippen molar-refractivity contribution in [2.75, 3.05) is 13.1 Å². The van der Waals surface area contributed by atoms with Crippen molar-refractivity contribution in [1.82, 2.24) is 4.90 Å². The number of carbonyl (C=O) groups is 1. The zero-order valence-electron chi connectivity index (χ0n) is 14.7. The molecule has 0 unspecified atom stereocenters. The van der Waals surface area contributed by atoms with Crippen LogP contribution in [0.15, 0.2) is 24.3 Å². The van der Waals surface area contributed by atoms with E-state index < -0.39 is 17.2 Å². The topological polar surface area (TPSA) is 46.3 Å². The summed E-state index contributed by atoms with van der Waals surface area (Å²) in [4.78, 5) is 15.2. The van der Waals surface area contributed by atoms with Gasteiger partial charge in [0.2, 0.25) is 5.91 Å². The van der Waals surface area contributed by atoms with Crippen LogP contribution in [0.25, 0.3) is 0 Å². The molecule has 3 nitrogen and oxygen atoms in total. The van der Waals surface area contributed by atoms with Gasteiger partial charge in [0.05, 0.1) is 11.0 Å². The fourth-order valence-corrected chi connectivity index (χ4v) is 4.18. The fourth-order valence-electron chi connectivity index (χ4n) is 4.18. The highest BCUT2D eigenvalue weighted by Crippen LogP contribution is 2.43. The van der Waals surface area contributed by atoms with E-state index in [0.29, 0.717) is 31.5 Å². The number of likely N-dealkylation sites (tertiary alicyclic amines) is 1. The Labute approximate surface area is 158 Å². The average Bonchev–Trinajstić information content (AvgIpc) is 2.62. The molecule has 0 bridgehead atoms. The van der Waals surface area contributed by atoms with Crippen LogP contribution in [-0.4, -0.2) is 29.9 Å². The van der Waals surface area contributed by atoms with Crippen molar-refractivity contribution in [2.24, 2.45) is 5.73 Å². The van der Waals surface area contributed by atoms with Crippen LogP contribution in [0.3, 0.4) is 0 Å². The lowest BCUT2D eigenvalue weighted by atomic mass is 9.68. The Morgan fingerprint density at radius 2 is 1.73 bits per heavy atom. The minimum absolute atomic E-state index is 0. The van der Waals surface area contributed by atoms with E-state index in [2.05, 4.69) is 0 Å². The first-order valence-electron chi connectivity index (χ1n) is 9.06. The molecule has 0 radical (unpaired) electrons. The second-order valence-electron chi connectivity index (χ2n) is 7.35.